The molecular formula is C19H21NO4. The molecule has 3 heterocycles. The fourth-order valence-corrected chi connectivity index (χ4v) is 4.29. The normalized spacial score (nSPS) is 23.2. The summed E-state index contributed by atoms with van der Waals surface area (Å²) in [5.41, 5.74) is 3.61. The second-order valence-electron chi connectivity index (χ2n) is 7.04. The zero-order valence-corrected chi connectivity index (χ0v) is 13.7. The second-order valence-corrected chi connectivity index (χ2v) is 7.04. The average molecular weight is 327 g/mol. The van der Waals surface area contributed by atoms with Gasteiger partial charge in [0.15, 0.2) is 0 Å². The quantitative estimate of drug-likeness (QED) is 0.794. The molecule has 0 bridgehead atoms. The first-order chi connectivity index (χ1) is 11.8. The molecule has 0 saturated carbocycles. The lowest BCUT2D eigenvalue weighted by Crippen LogP contribution is -2.37. The highest BCUT2D eigenvalue weighted by atomic mass is 16.5. The van der Waals surface area contributed by atoms with Crippen LogP contribution in [0.3, 0.4) is 0 Å². The van der Waals surface area contributed by atoms with Gasteiger partial charge in [0.25, 0.3) is 0 Å². The Kier molecular flexibility index (Phi) is 3.38. The third-order valence-electron chi connectivity index (χ3n) is 5.47. The number of hydrogen-bond acceptors (Lipinski definition) is 5. The molecule has 1 atom stereocenters. The Morgan fingerprint density at radius 2 is 2.04 bits per heavy atom. The third kappa shape index (κ3) is 2.26. The molecular weight excluding hydrogens is 306 g/mol. The molecule has 5 rings (SSSR count). The van der Waals surface area contributed by atoms with Crippen molar-refractivity contribution in [2.75, 3.05) is 19.9 Å². The van der Waals surface area contributed by atoms with Crippen molar-refractivity contribution in [2.45, 2.75) is 44.8 Å². The number of aryl methyl sites for hydroxylation is 1. The summed E-state index contributed by atoms with van der Waals surface area (Å²) in [7, 11) is 0. The number of fused-ring (bicyclic) bond motifs is 5. The first-order valence-electron chi connectivity index (χ1n) is 8.87. The van der Waals surface area contributed by atoms with Crippen LogP contribution in [-0.4, -0.2) is 30.9 Å². The summed E-state index contributed by atoms with van der Waals surface area (Å²) in [4.78, 5) is 14.6. The average Bonchev–Trinajstić information content (AvgIpc) is 3.27. The summed E-state index contributed by atoms with van der Waals surface area (Å²) >= 11 is 0. The van der Waals surface area contributed by atoms with Crippen molar-refractivity contribution in [3.05, 3.63) is 39.2 Å². The smallest absolute Gasteiger partial charge is 0.339 e. The van der Waals surface area contributed by atoms with Crippen LogP contribution in [0.4, 0.5) is 0 Å². The Morgan fingerprint density at radius 3 is 2.92 bits per heavy atom. The molecule has 0 unspecified atom stereocenters. The minimum absolute atomic E-state index is 0.167. The van der Waals surface area contributed by atoms with E-state index < -0.39 is 0 Å². The van der Waals surface area contributed by atoms with E-state index in [0.29, 0.717) is 12.8 Å². The van der Waals surface area contributed by atoms with Crippen LogP contribution in [-0.2, 0) is 24.1 Å². The molecule has 24 heavy (non-hydrogen) atoms. The molecule has 1 aromatic heterocycles. The summed E-state index contributed by atoms with van der Waals surface area (Å²) in [6.45, 7) is 3.03. The van der Waals surface area contributed by atoms with Gasteiger partial charge < -0.3 is 13.9 Å². The van der Waals surface area contributed by atoms with E-state index in [-0.39, 0.29) is 5.63 Å². The molecule has 1 aromatic carbocycles. The van der Waals surface area contributed by atoms with Crippen molar-refractivity contribution in [2.24, 2.45) is 0 Å². The van der Waals surface area contributed by atoms with Gasteiger partial charge in [0.2, 0.25) is 0 Å². The van der Waals surface area contributed by atoms with Crippen molar-refractivity contribution in [1.29, 1.82) is 0 Å². The molecule has 2 aromatic rings. The molecule has 2 aliphatic heterocycles. The molecule has 0 amide bonds. The molecule has 126 valence electrons. The number of nitrogens with zero attached hydrogens (tertiary/aromatic N) is 1. The van der Waals surface area contributed by atoms with Crippen molar-refractivity contribution in [3.63, 3.8) is 0 Å². The van der Waals surface area contributed by atoms with Gasteiger partial charge in [-0.15, -0.1) is 0 Å². The van der Waals surface area contributed by atoms with Gasteiger partial charge in [-0.05, 0) is 49.8 Å². The van der Waals surface area contributed by atoms with E-state index in [9.17, 15) is 4.79 Å². The molecule has 1 fully saturated rings. The van der Waals surface area contributed by atoms with Crippen molar-refractivity contribution >= 4 is 11.0 Å². The van der Waals surface area contributed by atoms with E-state index in [2.05, 4.69) is 11.0 Å². The summed E-state index contributed by atoms with van der Waals surface area (Å²) in [5.74, 6) is 0.840. The standard InChI is InChI=1S/C19H21NO4/c21-19-15-5-1-4-13(15)14-6-7-17-16(18(14)24-19)10-20(11-23-17)9-12-3-2-8-22-12/h6-7,12H,1-5,8-11H2/t12-/m1/s1. The lowest BCUT2D eigenvalue weighted by Gasteiger charge is -2.30. The highest BCUT2D eigenvalue weighted by Crippen LogP contribution is 2.36. The fraction of sp³-hybridized carbons (Fsp3) is 0.526. The number of benzene rings is 1. The molecule has 0 spiro atoms. The largest absolute Gasteiger partial charge is 0.478 e. The van der Waals surface area contributed by atoms with Gasteiger partial charge in [-0.25, -0.2) is 4.79 Å². The van der Waals surface area contributed by atoms with Crippen LogP contribution in [0, 0.1) is 0 Å². The molecule has 5 nitrogen and oxygen atoms in total. The number of ether oxygens (including phenoxy) is 2. The zero-order chi connectivity index (χ0) is 16.1. The highest BCUT2D eigenvalue weighted by molar-refractivity contribution is 5.86. The van der Waals surface area contributed by atoms with E-state index in [1.807, 2.05) is 6.07 Å². The Balaban J connectivity index is 1.55. The van der Waals surface area contributed by atoms with Crippen LogP contribution >= 0.6 is 0 Å². The van der Waals surface area contributed by atoms with Crippen LogP contribution in [0.2, 0.25) is 0 Å². The van der Waals surface area contributed by atoms with Crippen LogP contribution in [0.5, 0.6) is 5.75 Å². The maximum atomic E-state index is 12.3. The van der Waals surface area contributed by atoms with Crippen LogP contribution < -0.4 is 10.4 Å². The molecule has 3 aliphatic rings. The zero-order valence-electron chi connectivity index (χ0n) is 13.7. The number of hydrogen-bond donors (Lipinski definition) is 0. The van der Waals surface area contributed by atoms with Gasteiger partial charge in [0, 0.05) is 30.6 Å². The summed E-state index contributed by atoms with van der Waals surface area (Å²) < 4.78 is 17.4. The topological polar surface area (TPSA) is 51.9 Å². The molecule has 1 saturated heterocycles. The highest BCUT2D eigenvalue weighted by Gasteiger charge is 2.27. The Hall–Kier alpha value is -1.85. The van der Waals surface area contributed by atoms with E-state index in [1.165, 1.54) is 5.56 Å². The number of rotatable bonds is 2. The van der Waals surface area contributed by atoms with E-state index in [1.54, 1.807) is 0 Å². The molecule has 0 radical (unpaired) electrons. The third-order valence-corrected chi connectivity index (χ3v) is 5.47. The first-order valence-corrected chi connectivity index (χ1v) is 8.87. The Labute approximate surface area is 140 Å². The van der Waals surface area contributed by atoms with Crippen molar-refractivity contribution < 1.29 is 13.9 Å². The van der Waals surface area contributed by atoms with Gasteiger partial charge >= 0.3 is 5.63 Å². The summed E-state index contributed by atoms with van der Waals surface area (Å²) in [6, 6.07) is 4.08. The van der Waals surface area contributed by atoms with Gasteiger partial charge in [-0.3, -0.25) is 4.90 Å². The minimum atomic E-state index is -0.167. The SMILES string of the molecule is O=c1oc2c3c(ccc2c2c1CCC2)OCN(C[C@H]1CCCO1)C3. The fourth-order valence-electron chi connectivity index (χ4n) is 4.29. The van der Waals surface area contributed by atoms with Gasteiger partial charge in [0.05, 0.1) is 11.7 Å². The maximum absolute atomic E-state index is 12.3. The first kappa shape index (κ1) is 14.5. The Morgan fingerprint density at radius 1 is 1.12 bits per heavy atom. The summed E-state index contributed by atoms with van der Waals surface area (Å²) in [5, 5.41) is 1.09. The molecule has 1 aliphatic carbocycles. The predicted octanol–water partition coefficient (Wildman–Crippen LogP) is 2.61. The van der Waals surface area contributed by atoms with Gasteiger partial charge in [-0.1, -0.05) is 0 Å². The second kappa shape index (κ2) is 5.60. The molecule has 0 N–H and O–H groups in total. The molecule has 5 heteroatoms. The summed E-state index contributed by atoms with van der Waals surface area (Å²) in [6.07, 6.45) is 5.39. The lowest BCUT2D eigenvalue weighted by molar-refractivity contribution is 0.0281. The van der Waals surface area contributed by atoms with Crippen LogP contribution in [0.1, 0.15) is 36.0 Å². The van der Waals surface area contributed by atoms with E-state index >= 15 is 0 Å². The van der Waals surface area contributed by atoms with E-state index in [0.717, 1.165) is 79.6 Å². The predicted molar refractivity (Wildman–Crippen MR) is 89.4 cm³/mol. The van der Waals surface area contributed by atoms with Gasteiger partial charge in [-0.2, -0.15) is 0 Å². The maximum Gasteiger partial charge on any atom is 0.339 e. The van der Waals surface area contributed by atoms with Crippen molar-refractivity contribution in [3.8, 4) is 5.75 Å². The van der Waals surface area contributed by atoms with Crippen molar-refractivity contribution in [1.82, 2.24) is 4.90 Å². The minimum Gasteiger partial charge on any atom is -0.478 e. The van der Waals surface area contributed by atoms with Crippen LogP contribution in [0.15, 0.2) is 21.3 Å². The lowest BCUT2D eigenvalue weighted by atomic mass is 10.0. The monoisotopic (exact) mass is 327 g/mol. The van der Waals surface area contributed by atoms with Crippen LogP contribution in [0.25, 0.3) is 11.0 Å². The van der Waals surface area contributed by atoms with Gasteiger partial charge in [0.1, 0.15) is 18.1 Å². The van der Waals surface area contributed by atoms with E-state index in [4.69, 9.17) is 13.9 Å². The Bertz CT molecular complexity index is 851.